The summed E-state index contributed by atoms with van der Waals surface area (Å²) in [6.45, 7) is 4.42. The Morgan fingerprint density at radius 1 is 1.29 bits per heavy atom. The molecule has 1 rings (SSSR count). The predicted molar refractivity (Wildman–Crippen MR) is 76.9 cm³/mol. The third kappa shape index (κ3) is 8.63. The molecule has 2 nitrogen and oxygen atoms in total. The summed E-state index contributed by atoms with van der Waals surface area (Å²) in [5.41, 5.74) is 0.648. The van der Waals surface area contributed by atoms with Crippen molar-refractivity contribution in [3.63, 3.8) is 0 Å². The maximum absolute atomic E-state index is 12.6. The highest BCUT2D eigenvalue weighted by Gasteiger charge is 1.95. The number of rotatable bonds is 3. The minimum absolute atomic E-state index is 0.279. The summed E-state index contributed by atoms with van der Waals surface area (Å²) in [4.78, 5) is 0. The van der Waals surface area contributed by atoms with Crippen LogP contribution >= 0.6 is 12.2 Å². The van der Waals surface area contributed by atoms with E-state index in [-0.39, 0.29) is 5.82 Å². The molecule has 1 aromatic rings. The van der Waals surface area contributed by atoms with Crippen LogP contribution in [0.25, 0.3) is 0 Å². The van der Waals surface area contributed by atoms with Gasteiger partial charge in [0.1, 0.15) is 5.82 Å². The molecule has 0 saturated carbocycles. The molecule has 0 unspecified atom stereocenters. The van der Waals surface area contributed by atoms with E-state index < -0.39 is 0 Å². The molecule has 0 aliphatic rings. The summed E-state index contributed by atoms with van der Waals surface area (Å²) in [5, 5.41) is 6.02. The number of benzene rings is 1. The lowest BCUT2D eigenvalue weighted by Crippen LogP contribution is -2.24. The van der Waals surface area contributed by atoms with Crippen LogP contribution in [0.2, 0.25) is 0 Å². The molecule has 0 atom stereocenters. The maximum atomic E-state index is 12.6. The molecule has 0 aromatic heterocycles. The molecule has 4 heteroatoms. The van der Waals surface area contributed by atoms with Gasteiger partial charge in [-0.1, -0.05) is 39.2 Å². The van der Waals surface area contributed by atoms with Gasteiger partial charge in [0.2, 0.25) is 0 Å². The van der Waals surface area contributed by atoms with E-state index in [0.29, 0.717) is 10.8 Å². The van der Waals surface area contributed by atoms with Gasteiger partial charge in [-0.15, -0.1) is 0 Å². The molecule has 0 fully saturated rings. The van der Waals surface area contributed by atoms with Crippen LogP contribution in [0.1, 0.15) is 33.1 Å². The van der Waals surface area contributed by atoms with E-state index in [1.165, 1.54) is 31.4 Å². The molecule has 0 bridgehead atoms. The van der Waals surface area contributed by atoms with E-state index in [4.69, 9.17) is 12.2 Å². The topological polar surface area (TPSA) is 24.1 Å². The predicted octanol–water partition coefficient (Wildman–Crippen LogP) is 3.94. The van der Waals surface area contributed by atoms with E-state index in [2.05, 4.69) is 24.5 Å². The minimum atomic E-state index is -0.279. The Kier molecular flexibility index (Phi) is 9.34. The second-order valence-corrected chi connectivity index (χ2v) is 3.98. The fourth-order valence-electron chi connectivity index (χ4n) is 1.11. The monoisotopic (exact) mass is 256 g/mol. The number of anilines is 1. The van der Waals surface area contributed by atoms with Crippen molar-refractivity contribution in [2.75, 3.05) is 12.4 Å². The molecular formula is C13H21FN2S. The SMILES string of the molecule is CCCCC.CNC(=S)Nc1cccc(F)c1. The van der Waals surface area contributed by atoms with Gasteiger partial charge in [0.25, 0.3) is 0 Å². The van der Waals surface area contributed by atoms with Gasteiger partial charge in [-0.05, 0) is 30.4 Å². The van der Waals surface area contributed by atoms with Crippen molar-refractivity contribution < 1.29 is 4.39 Å². The van der Waals surface area contributed by atoms with Gasteiger partial charge in [0.15, 0.2) is 5.11 Å². The first-order valence-corrected chi connectivity index (χ1v) is 6.29. The van der Waals surface area contributed by atoms with Gasteiger partial charge in [0.05, 0.1) is 0 Å². The van der Waals surface area contributed by atoms with E-state index >= 15 is 0 Å². The number of hydrogen-bond donors (Lipinski definition) is 2. The first-order valence-electron chi connectivity index (χ1n) is 5.88. The molecule has 17 heavy (non-hydrogen) atoms. The van der Waals surface area contributed by atoms with Crippen LogP contribution in [-0.4, -0.2) is 12.2 Å². The lowest BCUT2D eigenvalue weighted by molar-refractivity contribution is 0.628. The molecule has 96 valence electrons. The molecule has 1 aromatic carbocycles. The molecule has 0 saturated heterocycles. The van der Waals surface area contributed by atoms with E-state index in [1.54, 1.807) is 19.2 Å². The Bertz CT molecular complexity index is 327. The summed E-state index contributed by atoms with van der Waals surface area (Å²) in [6, 6.07) is 6.12. The smallest absolute Gasteiger partial charge is 0.170 e. The van der Waals surface area contributed by atoms with E-state index in [0.717, 1.165) is 0 Å². The Hall–Kier alpha value is -1.16. The Morgan fingerprint density at radius 2 is 1.94 bits per heavy atom. The summed E-state index contributed by atoms with van der Waals surface area (Å²) in [5.74, 6) is -0.279. The quantitative estimate of drug-likeness (QED) is 0.801. The van der Waals surface area contributed by atoms with Crippen molar-refractivity contribution in [3.05, 3.63) is 30.1 Å². The molecule has 0 radical (unpaired) electrons. The van der Waals surface area contributed by atoms with Gasteiger partial charge in [-0.25, -0.2) is 4.39 Å². The van der Waals surface area contributed by atoms with Crippen LogP contribution in [-0.2, 0) is 0 Å². The van der Waals surface area contributed by atoms with Gasteiger partial charge >= 0.3 is 0 Å². The highest BCUT2D eigenvalue weighted by molar-refractivity contribution is 7.80. The normalized spacial score (nSPS) is 8.94. The molecule has 0 spiro atoms. The maximum Gasteiger partial charge on any atom is 0.170 e. The van der Waals surface area contributed by atoms with Crippen LogP contribution in [0.4, 0.5) is 10.1 Å². The highest BCUT2D eigenvalue weighted by Crippen LogP contribution is 2.08. The van der Waals surface area contributed by atoms with Crippen LogP contribution in [0.5, 0.6) is 0 Å². The number of nitrogens with one attached hydrogen (secondary N) is 2. The summed E-state index contributed by atoms with van der Waals surface area (Å²) in [6.07, 6.45) is 4.08. The zero-order chi connectivity index (χ0) is 13.1. The first-order chi connectivity index (χ1) is 8.13. The van der Waals surface area contributed by atoms with E-state index in [1.807, 2.05) is 0 Å². The van der Waals surface area contributed by atoms with Crippen molar-refractivity contribution in [1.29, 1.82) is 0 Å². The standard InChI is InChI=1S/C8H9FN2S.C5H12/c1-10-8(12)11-7-4-2-3-6(9)5-7;1-3-5-4-2/h2-5H,1H3,(H2,10,11,12);3-5H2,1-2H3. The second kappa shape index (κ2) is 10.0. The van der Waals surface area contributed by atoms with Gasteiger partial charge in [-0.3, -0.25) is 0 Å². The highest BCUT2D eigenvalue weighted by atomic mass is 32.1. The molecule has 0 aliphatic carbocycles. The third-order valence-electron chi connectivity index (χ3n) is 2.02. The Balaban J connectivity index is 0.000000437. The van der Waals surface area contributed by atoms with Gasteiger partial charge in [-0.2, -0.15) is 0 Å². The van der Waals surface area contributed by atoms with Gasteiger partial charge in [0, 0.05) is 12.7 Å². The van der Waals surface area contributed by atoms with Crippen LogP contribution in [0.15, 0.2) is 24.3 Å². The van der Waals surface area contributed by atoms with Crippen molar-refractivity contribution in [3.8, 4) is 0 Å². The lowest BCUT2D eigenvalue weighted by atomic mass is 10.3. The fraction of sp³-hybridized carbons (Fsp3) is 0.462. The van der Waals surface area contributed by atoms with Crippen molar-refractivity contribution >= 4 is 23.0 Å². The average molecular weight is 256 g/mol. The average Bonchev–Trinajstić information content (AvgIpc) is 2.31. The molecule has 0 amide bonds. The molecule has 2 N–H and O–H groups in total. The molecule has 0 aliphatic heterocycles. The second-order valence-electron chi connectivity index (χ2n) is 3.57. The largest absolute Gasteiger partial charge is 0.366 e. The number of halogens is 1. The van der Waals surface area contributed by atoms with Crippen molar-refractivity contribution in [2.24, 2.45) is 0 Å². The first kappa shape index (κ1) is 15.8. The minimum Gasteiger partial charge on any atom is -0.366 e. The zero-order valence-electron chi connectivity index (χ0n) is 10.7. The van der Waals surface area contributed by atoms with Crippen LogP contribution in [0.3, 0.4) is 0 Å². The Morgan fingerprint density at radius 3 is 2.35 bits per heavy atom. The summed E-state index contributed by atoms with van der Waals surface area (Å²) >= 11 is 4.84. The summed E-state index contributed by atoms with van der Waals surface area (Å²) in [7, 11) is 1.70. The number of hydrogen-bond acceptors (Lipinski definition) is 1. The fourth-order valence-corrected chi connectivity index (χ4v) is 1.23. The molecule has 0 heterocycles. The molecular weight excluding hydrogens is 235 g/mol. The number of thiocarbonyl (C=S) groups is 1. The summed E-state index contributed by atoms with van der Waals surface area (Å²) < 4.78 is 12.6. The Labute approximate surface area is 109 Å². The third-order valence-corrected chi connectivity index (χ3v) is 2.32. The van der Waals surface area contributed by atoms with Crippen molar-refractivity contribution in [2.45, 2.75) is 33.1 Å². The number of unbranched alkanes of at least 4 members (excludes halogenated alkanes) is 2. The van der Waals surface area contributed by atoms with Gasteiger partial charge < -0.3 is 10.6 Å². The van der Waals surface area contributed by atoms with Crippen LogP contribution < -0.4 is 10.6 Å². The zero-order valence-corrected chi connectivity index (χ0v) is 11.5. The van der Waals surface area contributed by atoms with E-state index in [9.17, 15) is 4.39 Å². The van der Waals surface area contributed by atoms with Crippen LogP contribution in [0, 0.1) is 5.82 Å². The van der Waals surface area contributed by atoms with Crippen molar-refractivity contribution in [1.82, 2.24) is 5.32 Å². The lowest BCUT2D eigenvalue weighted by Gasteiger charge is -2.05.